The Morgan fingerprint density at radius 2 is 1.95 bits per heavy atom. The summed E-state index contributed by atoms with van der Waals surface area (Å²) < 4.78 is 5.46. The molecule has 4 aliphatic rings. The van der Waals surface area contributed by atoms with Crippen LogP contribution in [-0.4, -0.2) is 28.8 Å². The van der Waals surface area contributed by atoms with E-state index in [1.807, 2.05) is 0 Å². The fourth-order valence-electron chi connectivity index (χ4n) is 4.87. The molecule has 1 aliphatic heterocycles. The van der Waals surface area contributed by atoms with Crippen LogP contribution in [0.5, 0.6) is 0 Å². The van der Waals surface area contributed by atoms with Crippen LogP contribution in [0.25, 0.3) is 0 Å². The van der Waals surface area contributed by atoms with Gasteiger partial charge < -0.3 is 10.1 Å². The molecule has 20 heavy (non-hydrogen) atoms. The summed E-state index contributed by atoms with van der Waals surface area (Å²) in [6.07, 6.45) is 6.83. The monoisotopic (exact) mass is 341 g/mol. The molecule has 6 atom stereocenters. The quantitative estimate of drug-likeness (QED) is 0.617. The lowest BCUT2D eigenvalue weighted by Crippen LogP contribution is -2.46. The van der Waals surface area contributed by atoms with E-state index in [2.05, 4.69) is 21.2 Å². The van der Waals surface area contributed by atoms with Crippen LogP contribution in [0, 0.1) is 23.7 Å². The van der Waals surface area contributed by atoms with Gasteiger partial charge in [0.05, 0.1) is 16.7 Å². The maximum absolute atomic E-state index is 12.6. The van der Waals surface area contributed by atoms with Crippen molar-refractivity contribution < 1.29 is 14.3 Å². The van der Waals surface area contributed by atoms with Gasteiger partial charge in [-0.1, -0.05) is 35.2 Å². The summed E-state index contributed by atoms with van der Waals surface area (Å²) in [5, 5.41) is 3.20. The Bertz CT molecular complexity index is 448. The molecule has 0 aromatic rings. The predicted octanol–water partition coefficient (Wildman–Crippen LogP) is 2.01. The van der Waals surface area contributed by atoms with Crippen LogP contribution >= 0.6 is 15.9 Å². The van der Waals surface area contributed by atoms with Crippen LogP contribution in [-0.2, 0) is 14.3 Å². The van der Waals surface area contributed by atoms with E-state index in [0.717, 1.165) is 19.3 Å². The molecule has 5 heteroatoms. The zero-order valence-electron chi connectivity index (χ0n) is 11.4. The standard InChI is InChI=1S/C15H20BrNO3/c16-12-8-6-9-11(15(19)20-13(9)12)10(8)14(18)17-7-4-2-1-3-5-7/h7-13H,1-6H2,(H,17,18)/t8-,9-,10-,11+,12-,13+/m1/s1. The minimum Gasteiger partial charge on any atom is -0.461 e. The van der Waals surface area contributed by atoms with Crippen molar-refractivity contribution in [3.05, 3.63) is 0 Å². The smallest absolute Gasteiger partial charge is 0.310 e. The largest absolute Gasteiger partial charge is 0.461 e. The van der Waals surface area contributed by atoms with E-state index in [4.69, 9.17) is 4.74 Å². The number of hydrogen-bond donors (Lipinski definition) is 1. The second-order valence-electron chi connectivity index (χ2n) is 6.80. The molecule has 110 valence electrons. The molecule has 1 N–H and O–H groups in total. The Kier molecular flexibility index (Phi) is 3.09. The number of carbonyl (C=O) groups excluding carboxylic acids is 2. The number of esters is 1. The Balaban J connectivity index is 1.50. The number of fused-ring (bicyclic) bond motifs is 1. The van der Waals surface area contributed by atoms with Crippen LogP contribution in [0.4, 0.5) is 0 Å². The van der Waals surface area contributed by atoms with Crippen LogP contribution in [0.1, 0.15) is 38.5 Å². The summed E-state index contributed by atoms with van der Waals surface area (Å²) in [5.74, 6) is 0.133. The van der Waals surface area contributed by atoms with E-state index in [-0.39, 0.29) is 46.5 Å². The zero-order chi connectivity index (χ0) is 13.9. The highest BCUT2D eigenvalue weighted by molar-refractivity contribution is 9.09. The SMILES string of the molecule is O=C(NC1CCCCC1)[C@@H]1[C@H]2C[C@H]3[C@H](OC(=O)[C@@H]31)[C@@H]2Br. The third-order valence-corrected chi connectivity index (χ3v) is 6.98. The molecule has 4 nitrogen and oxygen atoms in total. The third-order valence-electron chi connectivity index (χ3n) is 5.78. The molecule has 0 radical (unpaired) electrons. The maximum Gasteiger partial charge on any atom is 0.310 e. The molecular formula is C15H20BrNO3. The number of nitrogens with one attached hydrogen (secondary N) is 1. The molecule has 1 saturated heterocycles. The van der Waals surface area contributed by atoms with Gasteiger partial charge in [0.1, 0.15) is 6.10 Å². The Morgan fingerprint density at radius 1 is 1.20 bits per heavy atom. The van der Waals surface area contributed by atoms with E-state index in [1.165, 1.54) is 19.3 Å². The van der Waals surface area contributed by atoms with Gasteiger partial charge in [-0.25, -0.2) is 0 Å². The van der Waals surface area contributed by atoms with Crippen LogP contribution in [0.15, 0.2) is 0 Å². The molecule has 2 bridgehead atoms. The zero-order valence-corrected chi connectivity index (χ0v) is 13.0. The average Bonchev–Trinajstić information content (AvgIpc) is 3.04. The second kappa shape index (κ2) is 4.72. The van der Waals surface area contributed by atoms with Crippen molar-refractivity contribution in [2.24, 2.45) is 23.7 Å². The molecule has 0 aromatic carbocycles. The Hall–Kier alpha value is -0.580. The normalized spacial score (nSPS) is 46.5. The van der Waals surface area contributed by atoms with Gasteiger partial charge in [0, 0.05) is 12.0 Å². The summed E-state index contributed by atoms with van der Waals surface area (Å²) in [7, 11) is 0. The van der Waals surface area contributed by atoms with Crippen LogP contribution in [0.2, 0.25) is 0 Å². The van der Waals surface area contributed by atoms with Crippen molar-refractivity contribution in [3.8, 4) is 0 Å². The minimum absolute atomic E-state index is 0.0104. The fraction of sp³-hybridized carbons (Fsp3) is 0.867. The summed E-state index contributed by atoms with van der Waals surface area (Å²) in [5.41, 5.74) is 0. The van der Waals surface area contributed by atoms with Gasteiger partial charge in [-0.05, 0) is 25.2 Å². The molecule has 1 heterocycles. The lowest BCUT2D eigenvalue weighted by atomic mass is 9.79. The van der Waals surface area contributed by atoms with E-state index in [1.54, 1.807) is 0 Å². The van der Waals surface area contributed by atoms with Crippen molar-refractivity contribution in [2.75, 3.05) is 0 Å². The Morgan fingerprint density at radius 3 is 2.70 bits per heavy atom. The number of rotatable bonds is 2. The lowest BCUT2D eigenvalue weighted by Gasteiger charge is -2.30. The number of amides is 1. The van der Waals surface area contributed by atoms with Crippen LogP contribution < -0.4 is 5.32 Å². The molecule has 1 amide bonds. The fourth-order valence-corrected chi connectivity index (χ4v) is 5.92. The number of alkyl halides is 1. The highest BCUT2D eigenvalue weighted by Crippen LogP contribution is 2.59. The van der Waals surface area contributed by atoms with Crippen molar-refractivity contribution in [1.82, 2.24) is 5.32 Å². The number of carbonyl (C=O) groups is 2. The first kappa shape index (κ1) is 13.1. The first-order valence-electron chi connectivity index (χ1n) is 7.82. The predicted molar refractivity (Wildman–Crippen MR) is 76.2 cm³/mol. The van der Waals surface area contributed by atoms with Crippen LogP contribution in [0.3, 0.4) is 0 Å². The van der Waals surface area contributed by atoms with Gasteiger partial charge >= 0.3 is 5.97 Å². The molecule has 4 fully saturated rings. The Labute approximate surface area is 127 Å². The molecule has 3 saturated carbocycles. The average molecular weight is 342 g/mol. The maximum atomic E-state index is 12.6. The van der Waals surface area contributed by atoms with Gasteiger partial charge in [-0.15, -0.1) is 0 Å². The number of ether oxygens (including phenoxy) is 1. The number of halogens is 1. The van der Waals surface area contributed by atoms with E-state index in [0.29, 0.717) is 6.04 Å². The first-order chi connectivity index (χ1) is 9.66. The van der Waals surface area contributed by atoms with Crippen molar-refractivity contribution in [1.29, 1.82) is 0 Å². The molecule has 0 aromatic heterocycles. The molecule has 3 aliphatic carbocycles. The minimum atomic E-state index is -0.178. The topological polar surface area (TPSA) is 55.4 Å². The van der Waals surface area contributed by atoms with Gasteiger partial charge in [0.2, 0.25) is 5.91 Å². The summed E-state index contributed by atoms with van der Waals surface area (Å²) in [4.78, 5) is 24.8. The highest BCUT2D eigenvalue weighted by atomic mass is 79.9. The molecule has 4 rings (SSSR count). The highest BCUT2D eigenvalue weighted by Gasteiger charge is 2.67. The lowest BCUT2D eigenvalue weighted by molar-refractivity contribution is -0.146. The van der Waals surface area contributed by atoms with Crippen molar-refractivity contribution in [2.45, 2.75) is 55.5 Å². The second-order valence-corrected chi connectivity index (χ2v) is 7.86. The van der Waals surface area contributed by atoms with Crippen molar-refractivity contribution in [3.63, 3.8) is 0 Å². The number of hydrogen-bond acceptors (Lipinski definition) is 3. The summed E-state index contributed by atoms with van der Waals surface area (Å²) in [6, 6.07) is 0.317. The summed E-state index contributed by atoms with van der Waals surface area (Å²) >= 11 is 3.65. The molecule has 0 unspecified atom stereocenters. The van der Waals surface area contributed by atoms with E-state index < -0.39 is 0 Å². The van der Waals surface area contributed by atoms with E-state index in [9.17, 15) is 9.59 Å². The molecule has 0 spiro atoms. The first-order valence-corrected chi connectivity index (χ1v) is 8.73. The summed E-state index contributed by atoms with van der Waals surface area (Å²) in [6.45, 7) is 0. The molecular weight excluding hydrogens is 322 g/mol. The van der Waals surface area contributed by atoms with E-state index >= 15 is 0 Å². The third kappa shape index (κ3) is 1.78. The van der Waals surface area contributed by atoms with Gasteiger partial charge in [-0.3, -0.25) is 9.59 Å². The van der Waals surface area contributed by atoms with Crippen molar-refractivity contribution >= 4 is 27.8 Å². The van der Waals surface area contributed by atoms with Gasteiger partial charge in [0.25, 0.3) is 0 Å². The van der Waals surface area contributed by atoms with Gasteiger partial charge in [0.15, 0.2) is 0 Å². The van der Waals surface area contributed by atoms with Gasteiger partial charge in [-0.2, -0.15) is 0 Å².